The van der Waals surface area contributed by atoms with Crippen molar-refractivity contribution in [3.8, 4) is 0 Å². The summed E-state index contributed by atoms with van der Waals surface area (Å²) < 4.78 is 1.75. The van der Waals surface area contributed by atoms with Crippen LogP contribution in [0.2, 0.25) is 0 Å². The summed E-state index contributed by atoms with van der Waals surface area (Å²) in [6, 6.07) is 8.56. The zero-order chi connectivity index (χ0) is 16.2. The fourth-order valence-electron chi connectivity index (χ4n) is 3.31. The summed E-state index contributed by atoms with van der Waals surface area (Å²) in [5.41, 5.74) is 3.86. The van der Waals surface area contributed by atoms with Gasteiger partial charge in [-0.15, -0.1) is 0 Å². The van der Waals surface area contributed by atoms with Gasteiger partial charge in [0.15, 0.2) is 0 Å². The SMILES string of the molecule is CN(Cc1cnn(C)c1)C(=O)NCC1CCCc2ccccc21. The predicted octanol–water partition coefficient (Wildman–Crippen LogP) is 2.68. The summed E-state index contributed by atoms with van der Waals surface area (Å²) in [6.07, 6.45) is 7.22. The Morgan fingerprint density at radius 2 is 2.26 bits per heavy atom. The van der Waals surface area contributed by atoms with Gasteiger partial charge in [-0.05, 0) is 30.4 Å². The molecule has 5 heteroatoms. The predicted molar refractivity (Wildman–Crippen MR) is 90.2 cm³/mol. The highest BCUT2D eigenvalue weighted by Crippen LogP contribution is 2.30. The molecule has 1 aromatic heterocycles. The Hall–Kier alpha value is -2.30. The van der Waals surface area contributed by atoms with Crippen molar-refractivity contribution in [1.29, 1.82) is 0 Å². The Balaban J connectivity index is 1.55. The maximum atomic E-state index is 12.3. The molecule has 1 unspecified atom stereocenters. The number of hydrogen-bond acceptors (Lipinski definition) is 2. The molecule has 0 saturated heterocycles. The van der Waals surface area contributed by atoms with Gasteiger partial charge in [0.05, 0.1) is 12.7 Å². The third kappa shape index (κ3) is 3.73. The summed E-state index contributed by atoms with van der Waals surface area (Å²) in [5.74, 6) is 0.427. The van der Waals surface area contributed by atoms with Crippen molar-refractivity contribution < 1.29 is 4.79 Å². The van der Waals surface area contributed by atoms with E-state index < -0.39 is 0 Å². The number of nitrogens with zero attached hydrogens (tertiary/aromatic N) is 3. The minimum atomic E-state index is -0.0306. The number of aryl methyl sites for hydroxylation is 2. The van der Waals surface area contributed by atoms with Gasteiger partial charge in [-0.3, -0.25) is 4.68 Å². The number of hydrogen-bond donors (Lipinski definition) is 1. The third-order valence-electron chi connectivity index (χ3n) is 4.52. The van der Waals surface area contributed by atoms with E-state index in [9.17, 15) is 4.79 Å². The van der Waals surface area contributed by atoms with Gasteiger partial charge in [0.2, 0.25) is 0 Å². The van der Waals surface area contributed by atoms with Gasteiger partial charge in [-0.1, -0.05) is 24.3 Å². The van der Waals surface area contributed by atoms with Crippen LogP contribution in [0.1, 0.15) is 35.4 Å². The molecule has 0 radical (unpaired) electrons. The molecule has 0 saturated carbocycles. The second-order valence-corrected chi connectivity index (χ2v) is 6.35. The summed E-state index contributed by atoms with van der Waals surface area (Å²) >= 11 is 0. The standard InChI is InChI=1S/C18H24N4O/c1-21(12-14-10-20-22(2)13-14)18(23)19-11-16-8-5-7-15-6-3-4-9-17(15)16/h3-4,6,9-10,13,16H,5,7-8,11-12H2,1-2H3,(H,19,23). The molecule has 1 heterocycles. The lowest BCUT2D eigenvalue weighted by Crippen LogP contribution is -2.39. The molecule has 122 valence electrons. The van der Waals surface area contributed by atoms with E-state index in [1.807, 2.05) is 20.3 Å². The van der Waals surface area contributed by atoms with Crippen LogP contribution in [0.5, 0.6) is 0 Å². The van der Waals surface area contributed by atoms with Crippen LogP contribution in [0, 0.1) is 0 Å². The highest BCUT2D eigenvalue weighted by atomic mass is 16.2. The average molecular weight is 312 g/mol. The Bertz CT molecular complexity index is 679. The molecule has 0 fully saturated rings. The Kier molecular flexibility index (Phi) is 4.65. The maximum absolute atomic E-state index is 12.3. The molecule has 2 aromatic rings. The molecule has 0 bridgehead atoms. The molecule has 1 N–H and O–H groups in total. The van der Waals surface area contributed by atoms with Gasteiger partial charge < -0.3 is 10.2 Å². The summed E-state index contributed by atoms with van der Waals surface area (Å²) in [5, 5.41) is 7.21. The molecule has 2 amide bonds. The number of carbonyl (C=O) groups excluding carboxylic acids is 1. The number of amides is 2. The van der Waals surface area contributed by atoms with Crippen molar-refractivity contribution in [3.05, 3.63) is 53.3 Å². The molecule has 0 aliphatic heterocycles. The Morgan fingerprint density at radius 1 is 1.43 bits per heavy atom. The first-order valence-corrected chi connectivity index (χ1v) is 8.18. The fourth-order valence-corrected chi connectivity index (χ4v) is 3.31. The van der Waals surface area contributed by atoms with Crippen LogP contribution < -0.4 is 5.32 Å². The van der Waals surface area contributed by atoms with Crippen molar-refractivity contribution in [3.63, 3.8) is 0 Å². The molecule has 23 heavy (non-hydrogen) atoms. The van der Waals surface area contributed by atoms with Crippen LogP contribution >= 0.6 is 0 Å². The number of aromatic nitrogens is 2. The van der Waals surface area contributed by atoms with Crippen LogP contribution in [-0.2, 0) is 20.0 Å². The number of benzene rings is 1. The summed E-state index contributed by atoms with van der Waals surface area (Å²) in [4.78, 5) is 14.0. The smallest absolute Gasteiger partial charge is 0.317 e. The van der Waals surface area contributed by atoms with Crippen LogP contribution in [0.15, 0.2) is 36.7 Å². The van der Waals surface area contributed by atoms with Crippen molar-refractivity contribution in [2.75, 3.05) is 13.6 Å². The molecule has 3 rings (SSSR count). The van der Waals surface area contributed by atoms with Crippen molar-refractivity contribution >= 4 is 6.03 Å². The quantitative estimate of drug-likeness (QED) is 0.943. The number of carbonyl (C=O) groups is 1. The summed E-state index contributed by atoms with van der Waals surface area (Å²) in [6.45, 7) is 1.27. The molecular formula is C18H24N4O. The highest BCUT2D eigenvalue weighted by molar-refractivity contribution is 5.73. The van der Waals surface area contributed by atoms with Gasteiger partial charge in [0.1, 0.15) is 0 Å². The largest absolute Gasteiger partial charge is 0.337 e. The normalized spacial score (nSPS) is 16.7. The molecule has 1 aliphatic carbocycles. The summed E-state index contributed by atoms with van der Waals surface area (Å²) in [7, 11) is 3.70. The van der Waals surface area contributed by atoms with E-state index >= 15 is 0 Å². The zero-order valence-electron chi connectivity index (χ0n) is 13.8. The van der Waals surface area contributed by atoms with Crippen molar-refractivity contribution in [2.24, 2.45) is 7.05 Å². The number of urea groups is 1. The fraction of sp³-hybridized carbons (Fsp3) is 0.444. The van der Waals surface area contributed by atoms with E-state index in [0.717, 1.165) is 18.4 Å². The highest BCUT2D eigenvalue weighted by Gasteiger charge is 2.20. The van der Waals surface area contributed by atoms with Crippen molar-refractivity contribution in [2.45, 2.75) is 31.7 Å². The van der Waals surface area contributed by atoms with Gasteiger partial charge in [0, 0.05) is 38.3 Å². The second-order valence-electron chi connectivity index (χ2n) is 6.35. The third-order valence-corrected chi connectivity index (χ3v) is 4.52. The average Bonchev–Trinajstić information content (AvgIpc) is 2.97. The first kappa shape index (κ1) is 15.6. The molecule has 1 aromatic carbocycles. The van der Waals surface area contributed by atoms with E-state index in [-0.39, 0.29) is 6.03 Å². The van der Waals surface area contributed by atoms with E-state index in [0.29, 0.717) is 19.0 Å². The van der Waals surface area contributed by atoms with E-state index in [1.165, 1.54) is 17.5 Å². The topological polar surface area (TPSA) is 50.2 Å². The minimum Gasteiger partial charge on any atom is -0.337 e. The first-order chi connectivity index (χ1) is 11.1. The van der Waals surface area contributed by atoms with Crippen LogP contribution in [0.25, 0.3) is 0 Å². The van der Waals surface area contributed by atoms with Gasteiger partial charge in [-0.25, -0.2) is 4.79 Å². The lowest BCUT2D eigenvalue weighted by molar-refractivity contribution is 0.206. The lowest BCUT2D eigenvalue weighted by Gasteiger charge is -2.26. The zero-order valence-corrected chi connectivity index (χ0v) is 13.8. The molecule has 0 spiro atoms. The Labute approximate surface area is 137 Å². The molecule has 1 atom stereocenters. The number of nitrogens with one attached hydrogen (secondary N) is 1. The minimum absolute atomic E-state index is 0.0306. The second kappa shape index (κ2) is 6.86. The monoisotopic (exact) mass is 312 g/mol. The molecular weight excluding hydrogens is 288 g/mol. The van der Waals surface area contributed by atoms with E-state index in [1.54, 1.807) is 15.8 Å². The number of fused-ring (bicyclic) bond motifs is 1. The lowest BCUT2D eigenvalue weighted by atomic mass is 9.83. The van der Waals surface area contributed by atoms with Gasteiger partial charge in [-0.2, -0.15) is 5.10 Å². The van der Waals surface area contributed by atoms with Gasteiger partial charge in [0.25, 0.3) is 0 Å². The van der Waals surface area contributed by atoms with E-state index in [2.05, 4.69) is 34.7 Å². The molecule has 5 nitrogen and oxygen atoms in total. The molecule has 1 aliphatic rings. The maximum Gasteiger partial charge on any atom is 0.317 e. The van der Waals surface area contributed by atoms with Crippen molar-refractivity contribution in [1.82, 2.24) is 20.0 Å². The van der Waals surface area contributed by atoms with Crippen LogP contribution in [-0.4, -0.2) is 34.3 Å². The first-order valence-electron chi connectivity index (χ1n) is 8.18. The van der Waals surface area contributed by atoms with Crippen LogP contribution in [0.3, 0.4) is 0 Å². The van der Waals surface area contributed by atoms with Crippen LogP contribution in [0.4, 0.5) is 4.79 Å². The Morgan fingerprint density at radius 3 is 3.04 bits per heavy atom. The van der Waals surface area contributed by atoms with E-state index in [4.69, 9.17) is 0 Å². The number of rotatable bonds is 4. The van der Waals surface area contributed by atoms with Gasteiger partial charge >= 0.3 is 6.03 Å².